The van der Waals surface area contributed by atoms with Gasteiger partial charge in [-0.25, -0.2) is 9.97 Å². The maximum Gasteiger partial charge on any atom is 0.293 e. The molecule has 9 heteroatoms. The number of aryl methyl sites for hydroxylation is 2. The van der Waals surface area contributed by atoms with Crippen molar-refractivity contribution in [1.29, 1.82) is 0 Å². The largest absolute Gasteiger partial charge is 0.380 e. The Labute approximate surface area is 185 Å². The molecule has 0 fully saturated rings. The fourth-order valence-electron chi connectivity index (χ4n) is 3.57. The van der Waals surface area contributed by atoms with Gasteiger partial charge >= 0.3 is 0 Å². The van der Waals surface area contributed by atoms with Crippen LogP contribution in [0.5, 0.6) is 0 Å². The van der Waals surface area contributed by atoms with Crippen LogP contribution in [0.15, 0.2) is 46.0 Å². The summed E-state index contributed by atoms with van der Waals surface area (Å²) >= 11 is 0. The van der Waals surface area contributed by atoms with E-state index in [9.17, 15) is 4.79 Å². The van der Waals surface area contributed by atoms with Crippen LogP contribution in [0.2, 0.25) is 0 Å². The van der Waals surface area contributed by atoms with E-state index in [2.05, 4.69) is 25.4 Å². The zero-order chi connectivity index (χ0) is 22.5. The molecular formula is C23H26N6O3. The Morgan fingerprint density at radius 3 is 2.78 bits per heavy atom. The summed E-state index contributed by atoms with van der Waals surface area (Å²) in [7, 11) is 0. The van der Waals surface area contributed by atoms with E-state index < -0.39 is 0 Å². The molecule has 1 N–H and O–H groups in total. The molecule has 32 heavy (non-hydrogen) atoms. The zero-order valence-electron chi connectivity index (χ0n) is 18.5. The number of rotatable bonds is 9. The van der Waals surface area contributed by atoms with E-state index in [0.717, 1.165) is 28.9 Å². The maximum absolute atomic E-state index is 13.3. The molecular weight excluding hydrogens is 408 g/mol. The van der Waals surface area contributed by atoms with Crippen LogP contribution in [0.4, 0.5) is 5.82 Å². The maximum atomic E-state index is 13.3. The van der Waals surface area contributed by atoms with Crippen LogP contribution in [0.25, 0.3) is 22.3 Å². The predicted molar refractivity (Wildman–Crippen MR) is 121 cm³/mol. The van der Waals surface area contributed by atoms with Crippen LogP contribution in [0, 0.1) is 13.8 Å². The summed E-state index contributed by atoms with van der Waals surface area (Å²) in [5.74, 6) is 0.932. The number of pyridine rings is 2. The summed E-state index contributed by atoms with van der Waals surface area (Å²) < 4.78 is 12.6. The normalized spacial score (nSPS) is 11.2. The molecule has 4 rings (SSSR count). The molecule has 0 saturated carbocycles. The third kappa shape index (κ3) is 4.52. The molecule has 0 bridgehead atoms. The van der Waals surface area contributed by atoms with Gasteiger partial charge < -0.3 is 14.6 Å². The number of ether oxygens (including phenoxy) is 1. The van der Waals surface area contributed by atoms with Crippen molar-refractivity contribution in [1.82, 2.24) is 24.7 Å². The number of fused-ring (bicyclic) bond motifs is 1. The van der Waals surface area contributed by atoms with E-state index in [-0.39, 0.29) is 11.4 Å². The Balaban J connectivity index is 1.75. The van der Waals surface area contributed by atoms with E-state index in [1.807, 2.05) is 45.0 Å². The lowest BCUT2D eigenvalue weighted by Gasteiger charge is -2.14. The average molecular weight is 435 g/mol. The molecule has 0 atom stereocenters. The van der Waals surface area contributed by atoms with E-state index in [1.54, 1.807) is 17.0 Å². The van der Waals surface area contributed by atoms with Crippen molar-refractivity contribution >= 4 is 17.0 Å². The number of nitrogens with one attached hydrogen (secondary N) is 1. The first-order valence-corrected chi connectivity index (χ1v) is 10.6. The summed E-state index contributed by atoms with van der Waals surface area (Å²) in [5, 5.41) is 7.14. The second kappa shape index (κ2) is 9.69. The van der Waals surface area contributed by atoms with Gasteiger partial charge in [0, 0.05) is 36.7 Å². The van der Waals surface area contributed by atoms with Gasteiger partial charge in [0.25, 0.3) is 5.56 Å². The predicted octanol–water partition coefficient (Wildman–Crippen LogP) is 3.50. The summed E-state index contributed by atoms with van der Waals surface area (Å²) in [5.41, 5.74) is 4.16. The van der Waals surface area contributed by atoms with Crippen molar-refractivity contribution in [3.63, 3.8) is 0 Å². The second-order valence-corrected chi connectivity index (χ2v) is 7.47. The molecule has 9 nitrogen and oxygen atoms in total. The molecule has 4 aromatic rings. The van der Waals surface area contributed by atoms with Gasteiger partial charge in [0.15, 0.2) is 11.5 Å². The van der Waals surface area contributed by atoms with Gasteiger partial charge in [-0.3, -0.25) is 14.3 Å². The van der Waals surface area contributed by atoms with Crippen LogP contribution in [-0.4, -0.2) is 37.9 Å². The lowest BCUT2D eigenvalue weighted by molar-refractivity contribution is 0.127. The Hall–Kier alpha value is -3.59. The van der Waals surface area contributed by atoms with Gasteiger partial charge in [-0.15, -0.1) is 0 Å². The van der Waals surface area contributed by atoms with Crippen molar-refractivity contribution in [2.24, 2.45) is 0 Å². The first kappa shape index (κ1) is 21.6. The van der Waals surface area contributed by atoms with E-state index in [1.165, 1.54) is 0 Å². The van der Waals surface area contributed by atoms with Gasteiger partial charge in [-0.2, -0.15) is 0 Å². The smallest absolute Gasteiger partial charge is 0.293 e. The third-order valence-electron chi connectivity index (χ3n) is 5.10. The standard InChI is InChI=1S/C23H26N6O3/c1-4-10-31-11-9-29-19-12-17(20-15(2)28-32-16(20)3)13-25-21(19)27-22(23(29)30)26-14-18-7-5-6-8-24-18/h5-8,12-13H,4,9-11,14H2,1-3H3,(H,25,26,27). The van der Waals surface area contributed by atoms with Crippen LogP contribution < -0.4 is 10.9 Å². The first-order valence-electron chi connectivity index (χ1n) is 10.6. The third-order valence-corrected chi connectivity index (χ3v) is 5.10. The molecule has 0 saturated heterocycles. The summed E-state index contributed by atoms with van der Waals surface area (Å²) in [6.45, 7) is 7.63. The zero-order valence-corrected chi connectivity index (χ0v) is 18.5. The molecule has 166 valence electrons. The SMILES string of the molecule is CCCOCCn1c(=O)c(NCc2ccccn2)nc2ncc(-c3c(C)noc3C)cc21. The van der Waals surface area contributed by atoms with Crippen LogP contribution >= 0.6 is 0 Å². The van der Waals surface area contributed by atoms with Gasteiger partial charge in [0.05, 0.1) is 30.1 Å². The summed E-state index contributed by atoms with van der Waals surface area (Å²) in [4.78, 5) is 26.6. The van der Waals surface area contributed by atoms with E-state index in [4.69, 9.17) is 9.26 Å². The molecule has 0 radical (unpaired) electrons. The van der Waals surface area contributed by atoms with Gasteiger partial charge in [-0.05, 0) is 38.5 Å². The lowest BCUT2D eigenvalue weighted by atomic mass is 10.1. The van der Waals surface area contributed by atoms with Crippen LogP contribution in [-0.2, 0) is 17.8 Å². The molecule has 0 spiro atoms. The average Bonchev–Trinajstić information content (AvgIpc) is 3.15. The highest BCUT2D eigenvalue weighted by atomic mass is 16.5. The highest BCUT2D eigenvalue weighted by Gasteiger charge is 2.17. The quantitative estimate of drug-likeness (QED) is 0.399. The topological polar surface area (TPSA) is 108 Å². The molecule has 0 aliphatic heterocycles. The minimum atomic E-state index is -0.230. The van der Waals surface area contributed by atoms with E-state index in [0.29, 0.717) is 43.2 Å². The Morgan fingerprint density at radius 1 is 1.19 bits per heavy atom. The van der Waals surface area contributed by atoms with E-state index >= 15 is 0 Å². The molecule has 0 amide bonds. The molecule has 4 heterocycles. The number of hydrogen-bond acceptors (Lipinski definition) is 8. The highest BCUT2D eigenvalue weighted by Crippen LogP contribution is 2.28. The van der Waals surface area contributed by atoms with Crippen molar-refractivity contribution in [3.8, 4) is 11.1 Å². The Kier molecular flexibility index (Phi) is 6.55. The number of aromatic nitrogens is 5. The second-order valence-electron chi connectivity index (χ2n) is 7.47. The van der Waals surface area contributed by atoms with Gasteiger partial charge in [0.1, 0.15) is 5.76 Å². The van der Waals surface area contributed by atoms with Crippen molar-refractivity contribution in [3.05, 3.63) is 64.2 Å². The fourth-order valence-corrected chi connectivity index (χ4v) is 3.57. The minimum absolute atomic E-state index is 0.230. The summed E-state index contributed by atoms with van der Waals surface area (Å²) in [6, 6.07) is 7.55. The molecule has 4 aromatic heterocycles. The van der Waals surface area contributed by atoms with Gasteiger partial charge in [-0.1, -0.05) is 18.1 Å². The molecule has 0 aliphatic rings. The Morgan fingerprint density at radius 2 is 2.06 bits per heavy atom. The first-order chi connectivity index (χ1) is 15.6. The number of hydrogen-bond donors (Lipinski definition) is 1. The van der Waals surface area contributed by atoms with Gasteiger partial charge in [0.2, 0.25) is 0 Å². The monoisotopic (exact) mass is 434 g/mol. The van der Waals surface area contributed by atoms with Crippen LogP contribution in [0.3, 0.4) is 0 Å². The van der Waals surface area contributed by atoms with Crippen LogP contribution in [0.1, 0.15) is 30.5 Å². The number of nitrogens with zero attached hydrogens (tertiary/aromatic N) is 5. The summed E-state index contributed by atoms with van der Waals surface area (Å²) in [6.07, 6.45) is 4.36. The Bertz CT molecular complexity index is 1250. The minimum Gasteiger partial charge on any atom is -0.380 e. The lowest BCUT2D eigenvalue weighted by Crippen LogP contribution is -2.27. The molecule has 0 aliphatic carbocycles. The molecule has 0 unspecified atom stereocenters. The van der Waals surface area contributed by atoms with Crippen molar-refractivity contribution in [2.75, 3.05) is 18.5 Å². The van der Waals surface area contributed by atoms with Crippen molar-refractivity contribution < 1.29 is 9.26 Å². The number of anilines is 1. The fraction of sp³-hybridized carbons (Fsp3) is 0.348. The highest BCUT2D eigenvalue weighted by molar-refractivity contribution is 5.80. The van der Waals surface area contributed by atoms with Crippen molar-refractivity contribution in [2.45, 2.75) is 40.3 Å². The molecule has 0 aromatic carbocycles.